The monoisotopic (exact) mass is 293 g/mol. The van der Waals surface area contributed by atoms with Crippen molar-refractivity contribution in [2.24, 2.45) is 5.73 Å². The molecule has 1 aromatic heterocycles. The number of rotatable bonds is 3. The molecular weight excluding hydrogens is 285 g/mol. The summed E-state index contributed by atoms with van der Waals surface area (Å²) in [7, 11) is 0. The van der Waals surface area contributed by atoms with Crippen molar-refractivity contribution in [3.05, 3.63) is 58.6 Å². The Morgan fingerprint density at radius 1 is 1.25 bits per heavy atom. The van der Waals surface area contributed by atoms with Crippen molar-refractivity contribution in [2.45, 2.75) is 0 Å². The van der Waals surface area contributed by atoms with Crippen LogP contribution in [0.25, 0.3) is 0 Å². The molecule has 2 rings (SSSR count). The third-order valence-corrected chi connectivity index (χ3v) is 2.85. The molecule has 0 aliphatic carbocycles. The first-order valence-corrected chi connectivity index (χ1v) is 5.88. The number of benzene rings is 1. The van der Waals surface area contributed by atoms with Gasteiger partial charge in [-0.1, -0.05) is 17.7 Å². The fourth-order valence-electron chi connectivity index (χ4n) is 1.49. The minimum atomic E-state index is -0.679. The van der Waals surface area contributed by atoms with E-state index in [2.05, 4.69) is 10.3 Å². The summed E-state index contributed by atoms with van der Waals surface area (Å²) in [5.41, 5.74) is 5.46. The predicted molar refractivity (Wildman–Crippen MR) is 72.1 cm³/mol. The topological polar surface area (TPSA) is 85.1 Å². The second kappa shape index (κ2) is 5.66. The lowest BCUT2D eigenvalue weighted by atomic mass is 10.2. The maximum absolute atomic E-state index is 13.2. The minimum Gasteiger partial charge on any atom is -0.364 e. The first-order valence-electron chi connectivity index (χ1n) is 5.50. The van der Waals surface area contributed by atoms with Crippen LogP contribution in [0, 0.1) is 5.82 Å². The molecular formula is C13H9ClFN3O2. The van der Waals surface area contributed by atoms with Gasteiger partial charge < -0.3 is 11.1 Å². The van der Waals surface area contributed by atoms with Gasteiger partial charge in [0, 0.05) is 0 Å². The molecule has 0 bridgehead atoms. The molecule has 0 aliphatic rings. The normalized spacial score (nSPS) is 10.1. The fourth-order valence-corrected chi connectivity index (χ4v) is 1.70. The highest BCUT2D eigenvalue weighted by Gasteiger charge is 2.13. The Labute approximate surface area is 118 Å². The van der Waals surface area contributed by atoms with Crippen molar-refractivity contribution in [1.29, 1.82) is 0 Å². The van der Waals surface area contributed by atoms with Gasteiger partial charge in [0.25, 0.3) is 11.8 Å². The molecule has 0 saturated carbocycles. The number of amides is 2. The van der Waals surface area contributed by atoms with Gasteiger partial charge in [-0.3, -0.25) is 9.59 Å². The van der Waals surface area contributed by atoms with Crippen molar-refractivity contribution in [3.63, 3.8) is 0 Å². The maximum Gasteiger partial charge on any atom is 0.267 e. The van der Waals surface area contributed by atoms with Crippen molar-refractivity contribution >= 4 is 29.1 Å². The zero-order valence-electron chi connectivity index (χ0n) is 10.1. The van der Waals surface area contributed by atoms with E-state index in [9.17, 15) is 14.0 Å². The number of carbonyl (C=O) groups excluding carboxylic acids is 2. The molecule has 2 aromatic rings. The van der Waals surface area contributed by atoms with Crippen LogP contribution < -0.4 is 11.1 Å². The van der Waals surface area contributed by atoms with Gasteiger partial charge in [0.15, 0.2) is 0 Å². The molecule has 0 aliphatic heterocycles. The van der Waals surface area contributed by atoms with E-state index >= 15 is 0 Å². The van der Waals surface area contributed by atoms with E-state index < -0.39 is 17.6 Å². The van der Waals surface area contributed by atoms with Crippen molar-refractivity contribution < 1.29 is 14.0 Å². The van der Waals surface area contributed by atoms with E-state index in [0.29, 0.717) is 5.69 Å². The highest BCUT2D eigenvalue weighted by Crippen LogP contribution is 2.20. The van der Waals surface area contributed by atoms with Gasteiger partial charge in [0.2, 0.25) is 0 Å². The predicted octanol–water partition coefficient (Wildman–Crippen LogP) is 2.23. The van der Waals surface area contributed by atoms with Crippen LogP contribution in [0.15, 0.2) is 36.5 Å². The third-order valence-electron chi connectivity index (χ3n) is 2.47. The van der Waals surface area contributed by atoms with Crippen LogP contribution in [-0.2, 0) is 0 Å². The number of nitrogens with one attached hydrogen (secondary N) is 1. The van der Waals surface area contributed by atoms with Gasteiger partial charge in [0.1, 0.15) is 11.5 Å². The number of nitrogens with two attached hydrogens (primary N) is 1. The minimum absolute atomic E-state index is 0.00523. The molecule has 0 spiro atoms. The Bertz CT molecular complexity index is 674. The van der Waals surface area contributed by atoms with Gasteiger partial charge >= 0.3 is 0 Å². The summed E-state index contributed by atoms with van der Waals surface area (Å²) >= 11 is 5.71. The third kappa shape index (κ3) is 2.92. The average molecular weight is 294 g/mol. The zero-order valence-corrected chi connectivity index (χ0v) is 10.8. The van der Waals surface area contributed by atoms with Gasteiger partial charge in [-0.2, -0.15) is 0 Å². The number of hydrogen-bond donors (Lipinski definition) is 2. The summed E-state index contributed by atoms with van der Waals surface area (Å²) in [6, 6.07) is 6.75. The molecule has 7 heteroatoms. The Morgan fingerprint density at radius 2 is 2.00 bits per heavy atom. The fraction of sp³-hybridized carbons (Fsp3) is 0. The summed E-state index contributed by atoms with van der Waals surface area (Å²) in [4.78, 5) is 26.5. The maximum atomic E-state index is 13.2. The summed E-state index contributed by atoms with van der Waals surface area (Å²) in [6.45, 7) is 0. The Balaban J connectivity index is 2.19. The quantitative estimate of drug-likeness (QED) is 0.910. The standard InChI is InChI=1S/C13H9ClFN3O2/c14-11-8(2-1-3-9(11)15)13(20)18-7-4-5-10(12(16)19)17-6-7/h1-6H,(H2,16,19)(H,18,20). The van der Waals surface area contributed by atoms with Crippen LogP contribution in [0.3, 0.4) is 0 Å². The lowest BCUT2D eigenvalue weighted by Gasteiger charge is -2.07. The molecule has 0 fully saturated rings. The number of halogens is 2. The van der Waals surface area contributed by atoms with Gasteiger partial charge in [-0.25, -0.2) is 9.37 Å². The molecule has 0 unspecified atom stereocenters. The van der Waals surface area contributed by atoms with Crippen molar-refractivity contribution in [2.75, 3.05) is 5.32 Å². The van der Waals surface area contributed by atoms with Crippen LogP contribution in [0.5, 0.6) is 0 Å². The summed E-state index contributed by atoms with van der Waals surface area (Å²) < 4.78 is 13.2. The van der Waals surface area contributed by atoms with Crippen LogP contribution in [0.2, 0.25) is 5.02 Å². The number of carbonyl (C=O) groups is 2. The zero-order chi connectivity index (χ0) is 14.7. The summed E-state index contributed by atoms with van der Waals surface area (Å²) in [5, 5.41) is 2.23. The Morgan fingerprint density at radius 3 is 2.60 bits per heavy atom. The van der Waals surface area contributed by atoms with E-state index in [1.54, 1.807) is 0 Å². The van der Waals surface area contributed by atoms with Crippen molar-refractivity contribution in [1.82, 2.24) is 4.98 Å². The van der Waals surface area contributed by atoms with Gasteiger partial charge in [0.05, 0.1) is 22.5 Å². The molecule has 0 saturated heterocycles. The molecule has 2 amide bonds. The van der Waals surface area contributed by atoms with E-state index in [4.69, 9.17) is 17.3 Å². The number of anilines is 1. The Kier molecular flexibility index (Phi) is 3.95. The molecule has 20 heavy (non-hydrogen) atoms. The highest BCUT2D eigenvalue weighted by atomic mass is 35.5. The van der Waals surface area contributed by atoms with E-state index in [-0.39, 0.29) is 16.3 Å². The van der Waals surface area contributed by atoms with Crippen molar-refractivity contribution in [3.8, 4) is 0 Å². The molecule has 0 atom stereocenters. The molecule has 102 valence electrons. The van der Waals surface area contributed by atoms with Crippen LogP contribution >= 0.6 is 11.6 Å². The lowest BCUT2D eigenvalue weighted by Crippen LogP contribution is -2.15. The molecule has 0 radical (unpaired) electrons. The average Bonchev–Trinajstić information content (AvgIpc) is 2.42. The second-order valence-electron chi connectivity index (χ2n) is 3.85. The summed E-state index contributed by atoms with van der Waals surface area (Å²) in [5.74, 6) is -1.93. The number of aromatic nitrogens is 1. The van der Waals surface area contributed by atoms with Crippen LogP contribution in [0.1, 0.15) is 20.8 Å². The largest absolute Gasteiger partial charge is 0.364 e. The van der Waals surface area contributed by atoms with E-state index in [1.807, 2.05) is 0 Å². The molecule has 1 heterocycles. The summed E-state index contributed by atoms with van der Waals surface area (Å²) in [6.07, 6.45) is 1.27. The smallest absolute Gasteiger partial charge is 0.267 e. The molecule has 5 nitrogen and oxygen atoms in total. The highest BCUT2D eigenvalue weighted by molar-refractivity contribution is 6.34. The number of nitrogens with zero attached hydrogens (tertiary/aromatic N) is 1. The molecule has 1 aromatic carbocycles. The number of primary amides is 1. The van der Waals surface area contributed by atoms with E-state index in [1.165, 1.54) is 30.5 Å². The van der Waals surface area contributed by atoms with Gasteiger partial charge in [-0.15, -0.1) is 0 Å². The SMILES string of the molecule is NC(=O)c1ccc(NC(=O)c2cccc(F)c2Cl)cn1. The second-order valence-corrected chi connectivity index (χ2v) is 4.23. The number of hydrogen-bond acceptors (Lipinski definition) is 3. The lowest BCUT2D eigenvalue weighted by molar-refractivity contribution is 0.0994. The Hall–Kier alpha value is -2.47. The van der Waals surface area contributed by atoms with Crippen LogP contribution in [-0.4, -0.2) is 16.8 Å². The van der Waals surface area contributed by atoms with Crippen LogP contribution in [0.4, 0.5) is 10.1 Å². The molecule has 3 N–H and O–H groups in total. The first kappa shape index (κ1) is 14.0. The van der Waals surface area contributed by atoms with Gasteiger partial charge in [-0.05, 0) is 24.3 Å². The van der Waals surface area contributed by atoms with E-state index in [0.717, 1.165) is 6.07 Å². The first-order chi connectivity index (χ1) is 9.49. The number of pyridine rings is 1.